The number of esters is 1. The third-order valence-corrected chi connectivity index (χ3v) is 4.23. The lowest BCUT2D eigenvalue weighted by molar-refractivity contribution is -0.143. The topological polar surface area (TPSA) is 55.8 Å². The van der Waals surface area contributed by atoms with Crippen LogP contribution in [0.1, 0.15) is 11.1 Å². The smallest absolute Gasteiger partial charge is 0.329 e. The van der Waals surface area contributed by atoms with E-state index in [1.807, 2.05) is 48.5 Å². The molecule has 24 heavy (non-hydrogen) atoms. The summed E-state index contributed by atoms with van der Waals surface area (Å²) in [5.74, 6) is 0.222. The molecular weight excluding hydrogens is 306 g/mol. The zero-order valence-corrected chi connectivity index (χ0v) is 13.7. The molecule has 0 fully saturated rings. The van der Waals surface area contributed by atoms with Crippen molar-refractivity contribution in [3.05, 3.63) is 59.7 Å². The Labute approximate surface area is 140 Å². The summed E-state index contributed by atoms with van der Waals surface area (Å²) in [6, 6.07) is 14.3. The first-order valence-corrected chi connectivity index (χ1v) is 7.74. The fraction of sp³-hybridized carbons (Fsp3) is 0.263. The molecule has 5 heteroatoms. The molecule has 0 spiro atoms. The first-order valence-electron chi connectivity index (χ1n) is 7.74. The average molecular weight is 325 g/mol. The van der Waals surface area contributed by atoms with Crippen molar-refractivity contribution >= 4 is 17.6 Å². The van der Waals surface area contributed by atoms with E-state index in [4.69, 9.17) is 9.47 Å². The van der Waals surface area contributed by atoms with Gasteiger partial charge in [0.1, 0.15) is 11.8 Å². The van der Waals surface area contributed by atoms with E-state index in [0.717, 1.165) is 22.6 Å². The van der Waals surface area contributed by atoms with Gasteiger partial charge in [0.2, 0.25) is 5.91 Å². The van der Waals surface area contributed by atoms with Crippen molar-refractivity contribution in [1.82, 2.24) is 0 Å². The van der Waals surface area contributed by atoms with E-state index < -0.39 is 12.0 Å². The molecular formula is C19H19NO4. The number of amides is 1. The number of fused-ring (bicyclic) bond motifs is 1. The molecule has 1 heterocycles. The minimum Gasteiger partial charge on any atom is -0.497 e. The van der Waals surface area contributed by atoms with Gasteiger partial charge in [0, 0.05) is 12.1 Å². The largest absolute Gasteiger partial charge is 0.497 e. The highest BCUT2D eigenvalue weighted by molar-refractivity contribution is 6.03. The van der Waals surface area contributed by atoms with E-state index in [9.17, 15) is 9.59 Å². The molecule has 2 aromatic carbocycles. The lowest BCUT2D eigenvalue weighted by atomic mass is 10.1. The molecule has 1 amide bonds. The standard InChI is InChI=1S/C19H19NO4/c1-23-15-9-7-13(8-10-15)11-18(21)20-16-6-4-3-5-14(16)12-17(20)19(22)24-2/h3-10,17H,11-12H2,1-2H3/t17-/m1/s1. The third-order valence-electron chi connectivity index (χ3n) is 4.23. The van der Waals surface area contributed by atoms with Gasteiger partial charge in [-0.3, -0.25) is 9.69 Å². The van der Waals surface area contributed by atoms with Crippen molar-refractivity contribution in [2.45, 2.75) is 18.9 Å². The summed E-state index contributed by atoms with van der Waals surface area (Å²) in [4.78, 5) is 26.5. The van der Waals surface area contributed by atoms with Crippen molar-refractivity contribution in [3.63, 3.8) is 0 Å². The molecule has 1 aliphatic heterocycles. The predicted molar refractivity (Wildman–Crippen MR) is 90.1 cm³/mol. The Kier molecular flexibility index (Phi) is 4.51. The van der Waals surface area contributed by atoms with Gasteiger partial charge in [-0.15, -0.1) is 0 Å². The SMILES string of the molecule is COC(=O)[C@H]1Cc2ccccc2N1C(=O)Cc1ccc(OC)cc1. The fourth-order valence-electron chi connectivity index (χ4n) is 3.02. The third kappa shape index (κ3) is 2.97. The first-order chi connectivity index (χ1) is 11.6. The number of ether oxygens (including phenoxy) is 2. The quantitative estimate of drug-likeness (QED) is 0.810. The Balaban J connectivity index is 1.85. The Morgan fingerprint density at radius 1 is 1.08 bits per heavy atom. The normalized spacial score (nSPS) is 15.8. The maximum atomic E-state index is 12.8. The van der Waals surface area contributed by atoms with Crippen molar-refractivity contribution in [2.24, 2.45) is 0 Å². The number of hydrogen-bond acceptors (Lipinski definition) is 4. The first kappa shape index (κ1) is 16.1. The Hall–Kier alpha value is -2.82. The second-order valence-electron chi connectivity index (χ2n) is 5.66. The molecule has 3 rings (SSSR count). The second kappa shape index (κ2) is 6.74. The Morgan fingerprint density at radius 2 is 1.79 bits per heavy atom. The zero-order valence-electron chi connectivity index (χ0n) is 13.7. The van der Waals surface area contributed by atoms with E-state index in [1.165, 1.54) is 7.11 Å². The van der Waals surface area contributed by atoms with Gasteiger partial charge in [0.05, 0.1) is 20.6 Å². The van der Waals surface area contributed by atoms with Crippen molar-refractivity contribution in [3.8, 4) is 5.75 Å². The molecule has 0 bridgehead atoms. The molecule has 1 aliphatic rings. The molecule has 0 radical (unpaired) electrons. The van der Waals surface area contributed by atoms with E-state index >= 15 is 0 Å². The maximum Gasteiger partial charge on any atom is 0.329 e. The van der Waals surface area contributed by atoms with Gasteiger partial charge < -0.3 is 9.47 Å². The molecule has 0 aliphatic carbocycles. The molecule has 0 saturated carbocycles. The molecule has 1 atom stereocenters. The number of anilines is 1. The van der Waals surface area contributed by atoms with E-state index in [2.05, 4.69) is 0 Å². The number of carbonyl (C=O) groups excluding carboxylic acids is 2. The van der Waals surface area contributed by atoms with Gasteiger partial charge >= 0.3 is 5.97 Å². The predicted octanol–water partition coefficient (Wildman–Crippen LogP) is 2.37. The van der Waals surface area contributed by atoms with E-state index in [1.54, 1.807) is 12.0 Å². The van der Waals surface area contributed by atoms with Gasteiger partial charge in [-0.25, -0.2) is 4.79 Å². The van der Waals surface area contributed by atoms with Crippen LogP contribution in [0.4, 0.5) is 5.69 Å². The summed E-state index contributed by atoms with van der Waals surface area (Å²) in [7, 11) is 2.94. The van der Waals surface area contributed by atoms with Gasteiger partial charge in [-0.05, 0) is 29.3 Å². The van der Waals surface area contributed by atoms with Crippen LogP contribution in [-0.2, 0) is 27.2 Å². The van der Waals surface area contributed by atoms with Crippen LogP contribution in [0.15, 0.2) is 48.5 Å². The maximum absolute atomic E-state index is 12.8. The number of nitrogens with zero attached hydrogens (tertiary/aromatic N) is 1. The van der Waals surface area contributed by atoms with Gasteiger partial charge in [-0.1, -0.05) is 30.3 Å². The molecule has 5 nitrogen and oxygen atoms in total. The number of para-hydroxylation sites is 1. The average Bonchev–Trinajstić information content (AvgIpc) is 3.01. The van der Waals surface area contributed by atoms with Crippen LogP contribution in [0.3, 0.4) is 0 Å². The Bertz CT molecular complexity index is 754. The highest BCUT2D eigenvalue weighted by atomic mass is 16.5. The van der Waals surface area contributed by atoms with Gasteiger partial charge in [0.25, 0.3) is 0 Å². The lowest BCUT2D eigenvalue weighted by Crippen LogP contribution is -2.44. The molecule has 0 N–H and O–H groups in total. The number of hydrogen-bond donors (Lipinski definition) is 0. The minimum absolute atomic E-state index is 0.125. The van der Waals surface area contributed by atoms with Crippen LogP contribution in [0.25, 0.3) is 0 Å². The molecule has 0 aromatic heterocycles. The molecule has 0 unspecified atom stereocenters. The van der Waals surface area contributed by atoms with Crippen LogP contribution in [-0.4, -0.2) is 32.1 Å². The van der Waals surface area contributed by atoms with Crippen LogP contribution in [0.2, 0.25) is 0 Å². The summed E-state index contributed by atoms with van der Waals surface area (Å²) in [6.45, 7) is 0. The van der Waals surface area contributed by atoms with Gasteiger partial charge in [-0.2, -0.15) is 0 Å². The van der Waals surface area contributed by atoms with Crippen LogP contribution >= 0.6 is 0 Å². The summed E-state index contributed by atoms with van der Waals surface area (Å²) in [5.41, 5.74) is 2.64. The number of rotatable bonds is 4. The van der Waals surface area contributed by atoms with Crippen LogP contribution in [0.5, 0.6) is 5.75 Å². The summed E-state index contributed by atoms with van der Waals surface area (Å²) >= 11 is 0. The highest BCUT2D eigenvalue weighted by Gasteiger charge is 2.38. The summed E-state index contributed by atoms with van der Waals surface area (Å²) in [6.07, 6.45) is 0.697. The molecule has 0 saturated heterocycles. The molecule has 124 valence electrons. The number of carbonyl (C=O) groups is 2. The Morgan fingerprint density at radius 3 is 2.46 bits per heavy atom. The van der Waals surface area contributed by atoms with Gasteiger partial charge in [0.15, 0.2) is 0 Å². The second-order valence-corrected chi connectivity index (χ2v) is 5.66. The fourth-order valence-corrected chi connectivity index (χ4v) is 3.02. The highest BCUT2D eigenvalue weighted by Crippen LogP contribution is 2.33. The lowest BCUT2D eigenvalue weighted by Gasteiger charge is -2.23. The van der Waals surface area contributed by atoms with Crippen molar-refractivity contribution in [2.75, 3.05) is 19.1 Å². The summed E-state index contributed by atoms with van der Waals surface area (Å²) < 4.78 is 10.0. The van der Waals surface area contributed by atoms with Crippen molar-refractivity contribution < 1.29 is 19.1 Å². The summed E-state index contributed by atoms with van der Waals surface area (Å²) in [5, 5.41) is 0. The van der Waals surface area contributed by atoms with E-state index in [0.29, 0.717) is 6.42 Å². The zero-order chi connectivity index (χ0) is 17.1. The monoisotopic (exact) mass is 325 g/mol. The molecule has 2 aromatic rings. The van der Waals surface area contributed by atoms with Crippen LogP contribution < -0.4 is 9.64 Å². The van der Waals surface area contributed by atoms with E-state index in [-0.39, 0.29) is 12.3 Å². The minimum atomic E-state index is -0.599. The van der Waals surface area contributed by atoms with Crippen LogP contribution in [0, 0.1) is 0 Å². The van der Waals surface area contributed by atoms with Crippen molar-refractivity contribution in [1.29, 1.82) is 0 Å². The number of benzene rings is 2. The number of methoxy groups -OCH3 is 2.